The van der Waals surface area contributed by atoms with Crippen molar-refractivity contribution < 1.29 is 0 Å². The molecule has 100 valence electrons. The standard InChI is InChI=1S/C18H22S/c1-5-15-7-6-8-16(13-15)18(3,4)19-17-11-9-14(2)10-12-17/h6-13H,5H2,1-4H3. The van der Waals surface area contributed by atoms with E-state index >= 15 is 0 Å². The van der Waals surface area contributed by atoms with Gasteiger partial charge in [0.25, 0.3) is 0 Å². The molecule has 2 aromatic carbocycles. The van der Waals surface area contributed by atoms with Crippen LogP contribution in [0, 0.1) is 6.92 Å². The predicted octanol–water partition coefficient (Wildman–Crippen LogP) is 5.58. The molecule has 0 spiro atoms. The molecule has 0 saturated heterocycles. The highest BCUT2D eigenvalue weighted by molar-refractivity contribution is 8.00. The monoisotopic (exact) mass is 270 g/mol. The largest absolute Gasteiger partial charge is 0.115 e. The highest BCUT2D eigenvalue weighted by Gasteiger charge is 2.22. The Balaban J connectivity index is 2.23. The van der Waals surface area contributed by atoms with Gasteiger partial charge in [-0.1, -0.05) is 48.9 Å². The zero-order chi connectivity index (χ0) is 13.9. The SMILES string of the molecule is CCc1cccc(C(C)(C)Sc2ccc(C)cc2)c1. The quantitative estimate of drug-likeness (QED) is 0.653. The molecule has 2 rings (SSSR count). The maximum absolute atomic E-state index is 2.33. The number of hydrogen-bond acceptors (Lipinski definition) is 1. The average Bonchev–Trinajstić information content (AvgIpc) is 2.41. The molecule has 19 heavy (non-hydrogen) atoms. The highest BCUT2D eigenvalue weighted by atomic mass is 32.2. The highest BCUT2D eigenvalue weighted by Crippen LogP contribution is 2.40. The number of benzene rings is 2. The molecule has 0 fully saturated rings. The Morgan fingerprint density at radius 2 is 1.68 bits per heavy atom. The Bertz CT molecular complexity index is 538. The summed E-state index contributed by atoms with van der Waals surface area (Å²) in [4.78, 5) is 1.33. The summed E-state index contributed by atoms with van der Waals surface area (Å²) >= 11 is 1.93. The van der Waals surface area contributed by atoms with E-state index in [9.17, 15) is 0 Å². The van der Waals surface area contributed by atoms with Crippen molar-refractivity contribution in [1.29, 1.82) is 0 Å². The molecule has 0 aliphatic heterocycles. The van der Waals surface area contributed by atoms with Crippen molar-refractivity contribution >= 4 is 11.8 Å². The summed E-state index contributed by atoms with van der Waals surface area (Å²) in [6.45, 7) is 8.93. The van der Waals surface area contributed by atoms with Crippen LogP contribution < -0.4 is 0 Å². The van der Waals surface area contributed by atoms with Gasteiger partial charge in [0, 0.05) is 9.64 Å². The van der Waals surface area contributed by atoms with Gasteiger partial charge in [-0.15, -0.1) is 11.8 Å². The average molecular weight is 270 g/mol. The zero-order valence-corrected chi connectivity index (χ0v) is 13.1. The zero-order valence-electron chi connectivity index (χ0n) is 12.2. The molecule has 0 saturated carbocycles. The second-order valence-electron chi connectivity index (χ2n) is 5.48. The van der Waals surface area contributed by atoms with Crippen molar-refractivity contribution in [3.8, 4) is 0 Å². The fourth-order valence-electron chi connectivity index (χ4n) is 2.13. The predicted molar refractivity (Wildman–Crippen MR) is 85.9 cm³/mol. The molecular weight excluding hydrogens is 248 g/mol. The van der Waals surface area contributed by atoms with Gasteiger partial charge >= 0.3 is 0 Å². The summed E-state index contributed by atoms with van der Waals surface area (Å²) in [5.41, 5.74) is 4.13. The molecule has 0 aromatic heterocycles. The molecule has 0 amide bonds. The molecule has 2 aromatic rings. The Morgan fingerprint density at radius 1 is 1.00 bits per heavy atom. The number of hydrogen-bond donors (Lipinski definition) is 0. The maximum atomic E-state index is 2.33. The minimum Gasteiger partial charge on any atom is -0.115 e. The van der Waals surface area contributed by atoms with Crippen molar-refractivity contribution in [1.82, 2.24) is 0 Å². The van der Waals surface area contributed by atoms with Crippen LogP contribution in [0.2, 0.25) is 0 Å². The lowest BCUT2D eigenvalue weighted by Crippen LogP contribution is -2.12. The van der Waals surface area contributed by atoms with Crippen molar-refractivity contribution in [3.05, 3.63) is 65.2 Å². The van der Waals surface area contributed by atoms with E-state index in [1.165, 1.54) is 21.6 Å². The lowest BCUT2D eigenvalue weighted by Gasteiger charge is -2.25. The van der Waals surface area contributed by atoms with E-state index in [4.69, 9.17) is 0 Å². The van der Waals surface area contributed by atoms with Crippen molar-refractivity contribution in [3.63, 3.8) is 0 Å². The van der Waals surface area contributed by atoms with Gasteiger partial charge in [-0.3, -0.25) is 0 Å². The van der Waals surface area contributed by atoms with Crippen LogP contribution in [0.4, 0.5) is 0 Å². The summed E-state index contributed by atoms with van der Waals surface area (Å²) in [7, 11) is 0. The molecule has 0 aliphatic carbocycles. The van der Waals surface area contributed by atoms with E-state index in [-0.39, 0.29) is 4.75 Å². The summed E-state index contributed by atoms with van der Waals surface area (Å²) in [6.07, 6.45) is 1.10. The Labute approximate surface area is 121 Å². The smallest absolute Gasteiger partial charge is 0.0399 e. The second-order valence-corrected chi connectivity index (χ2v) is 7.18. The van der Waals surface area contributed by atoms with Crippen LogP contribution in [0.1, 0.15) is 37.5 Å². The van der Waals surface area contributed by atoms with E-state index in [1.807, 2.05) is 11.8 Å². The van der Waals surface area contributed by atoms with Crippen LogP contribution in [-0.4, -0.2) is 0 Å². The minimum atomic E-state index is 0.0977. The van der Waals surface area contributed by atoms with Crippen LogP contribution in [-0.2, 0) is 11.2 Å². The van der Waals surface area contributed by atoms with Gasteiger partial charge in [-0.2, -0.15) is 0 Å². The summed E-state index contributed by atoms with van der Waals surface area (Å²) in [6, 6.07) is 17.7. The van der Waals surface area contributed by atoms with E-state index < -0.39 is 0 Å². The van der Waals surface area contributed by atoms with E-state index in [2.05, 4.69) is 76.2 Å². The normalized spacial score (nSPS) is 11.6. The third kappa shape index (κ3) is 3.63. The molecule has 0 heterocycles. The molecule has 0 aliphatic rings. The third-order valence-corrected chi connectivity index (χ3v) is 4.68. The van der Waals surface area contributed by atoms with E-state index in [0.29, 0.717) is 0 Å². The van der Waals surface area contributed by atoms with Gasteiger partial charge in [0.1, 0.15) is 0 Å². The van der Waals surface area contributed by atoms with Crippen LogP contribution >= 0.6 is 11.8 Å². The first-order chi connectivity index (χ1) is 9.01. The summed E-state index contributed by atoms with van der Waals surface area (Å²) < 4.78 is 0.0977. The second kappa shape index (κ2) is 5.83. The first kappa shape index (κ1) is 14.2. The molecule has 1 heteroatoms. The van der Waals surface area contributed by atoms with Crippen molar-refractivity contribution in [2.75, 3.05) is 0 Å². The van der Waals surface area contributed by atoms with Crippen LogP contribution in [0.25, 0.3) is 0 Å². The summed E-state index contributed by atoms with van der Waals surface area (Å²) in [5.74, 6) is 0. The Kier molecular flexibility index (Phi) is 4.36. The molecule has 0 N–H and O–H groups in total. The first-order valence-electron chi connectivity index (χ1n) is 6.86. The topological polar surface area (TPSA) is 0 Å². The lowest BCUT2D eigenvalue weighted by molar-refractivity contribution is 0.779. The Hall–Kier alpha value is -1.21. The van der Waals surface area contributed by atoms with Crippen LogP contribution in [0.5, 0.6) is 0 Å². The molecule has 0 bridgehead atoms. The van der Waals surface area contributed by atoms with Crippen molar-refractivity contribution in [2.45, 2.75) is 43.8 Å². The van der Waals surface area contributed by atoms with Gasteiger partial charge in [0.05, 0.1) is 0 Å². The number of aryl methyl sites for hydroxylation is 2. The minimum absolute atomic E-state index is 0.0977. The van der Waals surface area contributed by atoms with Gasteiger partial charge < -0.3 is 0 Å². The van der Waals surface area contributed by atoms with Gasteiger partial charge in [-0.25, -0.2) is 0 Å². The van der Waals surface area contributed by atoms with E-state index in [0.717, 1.165) is 6.42 Å². The fourth-order valence-corrected chi connectivity index (χ4v) is 3.23. The van der Waals surface area contributed by atoms with Crippen molar-refractivity contribution in [2.24, 2.45) is 0 Å². The molecular formula is C18H22S. The fraction of sp³-hybridized carbons (Fsp3) is 0.333. The number of rotatable bonds is 4. The maximum Gasteiger partial charge on any atom is 0.0399 e. The molecule has 0 atom stereocenters. The van der Waals surface area contributed by atoms with Gasteiger partial charge in [0.2, 0.25) is 0 Å². The number of thioether (sulfide) groups is 1. The molecule has 0 nitrogen and oxygen atoms in total. The lowest BCUT2D eigenvalue weighted by atomic mass is 9.99. The molecule has 0 radical (unpaired) electrons. The Morgan fingerprint density at radius 3 is 2.32 bits per heavy atom. The van der Waals surface area contributed by atoms with Gasteiger partial charge in [0.15, 0.2) is 0 Å². The summed E-state index contributed by atoms with van der Waals surface area (Å²) in [5, 5.41) is 0. The van der Waals surface area contributed by atoms with Gasteiger partial charge in [-0.05, 0) is 50.5 Å². The van der Waals surface area contributed by atoms with E-state index in [1.54, 1.807) is 0 Å². The molecule has 0 unspecified atom stereocenters. The third-order valence-electron chi connectivity index (χ3n) is 3.42. The first-order valence-corrected chi connectivity index (χ1v) is 7.68. The van der Waals surface area contributed by atoms with Crippen LogP contribution in [0.15, 0.2) is 53.4 Å². The van der Waals surface area contributed by atoms with Crippen LogP contribution in [0.3, 0.4) is 0 Å².